The van der Waals surface area contributed by atoms with Gasteiger partial charge in [-0.15, -0.1) is 11.8 Å². The van der Waals surface area contributed by atoms with E-state index in [1.165, 1.54) is 7.11 Å². The Kier molecular flexibility index (Phi) is 7.24. The third kappa shape index (κ3) is 5.58. The van der Waals surface area contributed by atoms with Crippen LogP contribution in [0.25, 0.3) is 10.9 Å². The summed E-state index contributed by atoms with van der Waals surface area (Å²) in [7, 11) is 1.42. The third-order valence-electron chi connectivity index (χ3n) is 4.67. The van der Waals surface area contributed by atoms with E-state index in [4.69, 9.17) is 9.47 Å². The van der Waals surface area contributed by atoms with Crippen LogP contribution in [0, 0.1) is 11.8 Å². The fraction of sp³-hybridized carbons (Fsp3) is 0.280. The van der Waals surface area contributed by atoms with Crippen LogP contribution in [0.1, 0.15) is 43.4 Å². The number of rotatable bonds is 7. The highest BCUT2D eigenvalue weighted by molar-refractivity contribution is 5.78. The van der Waals surface area contributed by atoms with Gasteiger partial charge >= 0.3 is 5.97 Å². The normalized spacial score (nSPS) is 11.4. The number of hydrogen-bond acceptors (Lipinski definition) is 4. The maximum absolute atomic E-state index is 12.2. The molecule has 0 aliphatic heterocycles. The molecule has 148 valence electrons. The minimum absolute atomic E-state index is 0.239. The Bertz CT molecular complexity index is 1020. The lowest BCUT2D eigenvalue weighted by Crippen LogP contribution is -2.14. The SMILES string of the molecule is CCC#CCCC(C(=O)OC)c1ccc(OCc2ccc3ccccc3n2)cc1. The van der Waals surface area contributed by atoms with Gasteiger partial charge in [-0.1, -0.05) is 43.3 Å². The lowest BCUT2D eigenvalue weighted by molar-refractivity contribution is -0.142. The van der Waals surface area contributed by atoms with Gasteiger partial charge in [-0.2, -0.15) is 0 Å². The van der Waals surface area contributed by atoms with Gasteiger partial charge in [0.2, 0.25) is 0 Å². The van der Waals surface area contributed by atoms with Crippen molar-refractivity contribution in [3.8, 4) is 17.6 Å². The highest BCUT2D eigenvalue weighted by Crippen LogP contribution is 2.25. The van der Waals surface area contributed by atoms with Gasteiger partial charge in [-0.3, -0.25) is 4.79 Å². The second-order valence-electron chi connectivity index (χ2n) is 6.67. The van der Waals surface area contributed by atoms with Crippen LogP contribution in [-0.4, -0.2) is 18.1 Å². The van der Waals surface area contributed by atoms with E-state index in [0.717, 1.165) is 34.3 Å². The fourth-order valence-electron chi connectivity index (χ4n) is 3.14. The highest BCUT2D eigenvalue weighted by Gasteiger charge is 2.20. The molecule has 1 atom stereocenters. The van der Waals surface area contributed by atoms with Crippen molar-refractivity contribution in [2.45, 2.75) is 38.7 Å². The second kappa shape index (κ2) is 10.3. The summed E-state index contributed by atoms with van der Waals surface area (Å²) in [5.74, 6) is 6.30. The first-order valence-electron chi connectivity index (χ1n) is 9.82. The summed E-state index contributed by atoms with van der Waals surface area (Å²) < 4.78 is 10.8. The molecule has 0 saturated carbocycles. The predicted molar refractivity (Wildman–Crippen MR) is 115 cm³/mol. The van der Waals surface area contributed by atoms with Crippen molar-refractivity contribution in [3.63, 3.8) is 0 Å². The van der Waals surface area contributed by atoms with Gasteiger partial charge in [0.25, 0.3) is 0 Å². The van der Waals surface area contributed by atoms with E-state index >= 15 is 0 Å². The van der Waals surface area contributed by atoms with Gasteiger partial charge in [0, 0.05) is 18.2 Å². The van der Waals surface area contributed by atoms with Crippen LogP contribution in [-0.2, 0) is 16.1 Å². The Morgan fingerprint density at radius 3 is 2.59 bits per heavy atom. The number of carbonyl (C=O) groups excluding carboxylic acids is 1. The van der Waals surface area contributed by atoms with E-state index in [-0.39, 0.29) is 11.9 Å². The number of carbonyl (C=O) groups is 1. The van der Waals surface area contributed by atoms with Crippen LogP contribution in [0.3, 0.4) is 0 Å². The zero-order valence-corrected chi connectivity index (χ0v) is 16.9. The van der Waals surface area contributed by atoms with Crippen molar-refractivity contribution in [1.82, 2.24) is 4.98 Å². The van der Waals surface area contributed by atoms with Gasteiger partial charge in [0.1, 0.15) is 12.4 Å². The quantitative estimate of drug-likeness (QED) is 0.410. The molecule has 3 rings (SSSR count). The lowest BCUT2D eigenvalue weighted by atomic mass is 9.94. The molecule has 29 heavy (non-hydrogen) atoms. The molecule has 0 amide bonds. The van der Waals surface area contributed by atoms with E-state index in [9.17, 15) is 4.79 Å². The van der Waals surface area contributed by atoms with Gasteiger partial charge < -0.3 is 9.47 Å². The number of nitrogens with zero attached hydrogens (tertiary/aromatic N) is 1. The molecule has 0 saturated heterocycles. The summed E-state index contributed by atoms with van der Waals surface area (Å²) in [6.45, 7) is 2.40. The molecule has 3 aromatic rings. The maximum atomic E-state index is 12.2. The Morgan fingerprint density at radius 1 is 1.03 bits per heavy atom. The molecule has 4 heteroatoms. The van der Waals surface area contributed by atoms with Crippen LogP contribution in [0.4, 0.5) is 0 Å². The zero-order valence-electron chi connectivity index (χ0n) is 16.9. The standard InChI is InChI=1S/C25H25NO3/c1-3-4-5-6-10-23(25(27)28-2)19-13-16-22(17-14-19)29-18-21-15-12-20-9-7-8-11-24(20)26-21/h7-9,11-17,23H,3,6,10,18H2,1-2H3. The molecular formula is C25H25NO3. The molecule has 0 radical (unpaired) electrons. The minimum atomic E-state index is -0.317. The number of methoxy groups -OCH3 is 1. The zero-order chi connectivity index (χ0) is 20.5. The largest absolute Gasteiger partial charge is 0.487 e. The summed E-state index contributed by atoms with van der Waals surface area (Å²) in [6.07, 6.45) is 2.13. The van der Waals surface area contributed by atoms with Crippen LogP contribution < -0.4 is 4.74 Å². The molecule has 0 N–H and O–H groups in total. The number of para-hydroxylation sites is 1. The molecule has 1 unspecified atom stereocenters. The highest BCUT2D eigenvalue weighted by atomic mass is 16.5. The minimum Gasteiger partial charge on any atom is -0.487 e. The molecule has 0 aliphatic carbocycles. The van der Waals surface area contributed by atoms with Gasteiger partial charge in [0.05, 0.1) is 24.2 Å². The summed E-state index contributed by atoms with van der Waals surface area (Å²) in [5.41, 5.74) is 2.73. The van der Waals surface area contributed by atoms with Crippen molar-refractivity contribution in [3.05, 3.63) is 71.9 Å². The number of aromatic nitrogens is 1. The second-order valence-corrected chi connectivity index (χ2v) is 6.67. The van der Waals surface area contributed by atoms with Crippen LogP contribution >= 0.6 is 0 Å². The number of ether oxygens (including phenoxy) is 2. The molecule has 0 fully saturated rings. The van der Waals surface area contributed by atoms with E-state index in [1.807, 2.05) is 67.6 Å². The van der Waals surface area contributed by atoms with E-state index in [0.29, 0.717) is 19.4 Å². The molecule has 1 heterocycles. The van der Waals surface area contributed by atoms with E-state index in [1.54, 1.807) is 0 Å². The maximum Gasteiger partial charge on any atom is 0.313 e. The van der Waals surface area contributed by atoms with Gasteiger partial charge in [-0.05, 0) is 36.2 Å². The molecule has 0 spiro atoms. The Labute approximate surface area is 171 Å². The molecule has 2 aromatic carbocycles. The van der Waals surface area contributed by atoms with Crippen LogP contribution in [0.5, 0.6) is 5.75 Å². The van der Waals surface area contributed by atoms with Crippen molar-refractivity contribution in [1.29, 1.82) is 0 Å². The van der Waals surface area contributed by atoms with Crippen molar-refractivity contribution in [2.75, 3.05) is 7.11 Å². The fourth-order valence-corrected chi connectivity index (χ4v) is 3.14. The Morgan fingerprint density at radius 2 is 1.83 bits per heavy atom. The summed E-state index contributed by atoms with van der Waals surface area (Å²) in [5, 5.41) is 1.11. The molecule has 4 nitrogen and oxygen atoms in total. The monoisotopic (exact) mass is 387 g/mol. The number of fused-ring (bicyclic) bond motifs is 1. The average Bonchev–Trinajstić information content (AvgIpc) is 2.77. The first kappa shape index (κ1) is 20.4. The van der Waals surface area contributed by atoms with Crippen molar-refractivity contribution in [2.24, 2.45) is 0 Å². The topological polar surface area (TPSA) is 48.4 Å². The average molecular weight is 387 g/mol. The predicted octanol–water partition coefficient (Wildman–Crippen LogP) is 5.26. The number of benzene rings is 2. The number of esters is 1. The first-order valence-corrected chi connectivity index (χ1v) is 9.82. The third-order valence-corrected chi connectivity index (χ3v) is 4.67. The Hall–Kier alpha value is -3.32. The molecule has 0 aliphatic rings. The van der Waals surface area contributed by atoms with Gasteiger partial charge in [0.15, 0.2) is 0 Å². The smallest absolute Gasteiger partial charge is 0.313 e. The summed E-state index contributed by atoms with van der Waals surface area (Å²) in [4.78, 5) is 16.8. The first-order chi connectivity index (χ1) is 14.2. The summed E-state index contributed by atoms with van der Waals surface area (Å²) in [6, 6.07) is 19.6. The molecule has 0 bridgehead atoms. The van der Waals surface area contributed by atoms with Crippen molar-refractivity contribution >= 4 is 16.9 Å². The van der Waals surface area contributed by atoms with Crippen LogP contribution in [0.2, 0.25) is 0 Å². The van der Waals surface area contributed by atoms with Gasteiger partial charge in [-0.25, -0.2) is 4.98 Å². The molecular weight excluding hydrogens is 362 g/mol. The number of hydrogen-bond donors (Lipinski definition) is 0. The Balaban J connectivity index is 1.64. The lowest BCUT2D eigenvalue weighted by Gasteiger charge is -2.14. The number of pyridine rings is 1. The van der Waals surface area contributed by atoms with Crippen LogP contribution in [0.15, 0.2) is 60.7 Å². The molecule has 1 aromatic heterocycles. The van der Waals surface area contributed by atoms with Crippen molar-refractivity contribution < 1.29 is 14.3 Å². The van der Waals surface area contributed by atoms with E-state index < -0.39 is 0 Å². The van der Waals surface area contributed by atoms with E-state index in [2.05, 4.69) is 16.8 Å². The summed E-state index contributed by atoms with van der Waals surface area (Å²) >= 11 is 0.